The number of benzene rings is 1. The number of carbonyl (C=O) groups is 2. The number of rotatable bonds is 2. The van der Waals surface area contributed by atoms with Crippen LogP contribution in [0.25, 0.3) is 0 Å². The first-order chi connectivity index (χ1) is 9.99. The first-order valence-electron chi connectivity index (χ1n) is 7.41. The minimum atomic E-state index is -0.577. The Balaban J connectivity index is 1.94. The number of carbonyl (C=O) groups excluding carboxylic acids is 2. The van der Waals surface area contributed by atoms with Crippen molar-refractivity contribution in [2.75, 3.05) is 17.3 Å². The van der Waals surface area contributed by atoms with E-state index in [0.29, 0.717) is 28.2 Å². The number of hydrogen-bond acceptors (Lipinski definition) is 3. The number of halogens is 1. The second-order valence-electron chi connectivity index (χ2n) is 6.07. The molecule has 2 aliphatic rings. The minimum Gasteiger partial charge on any atom is -0.370 e. The van der Waals surface area contributed by atoms with Gasteiger partial charge in [0.2, 0.25) is 0 Å². The Labute approximate surface area is 129 Å². The molecule has 2 atom stereocenters. The summed E-state index contributed by atoms with van der Waals surface area (Å²) < 4.78 is 0. The van der Waals surface area contributed by atoms with E-state index >= 15 is 0 Å². The topological polar surface area (TPSA) is 49.4 Å². The fourth-order valence-electron chi connectivity index (χ4n) is 3.48. The molecule has 1 amide bonds. The summed E-state index contributed by atoms with van der Waals surface area (Å²) in [5.74, 6) is -0.469. The van der Waals surface area contributed by atoms with Crippen LogP contribution >= 0.6 is 11.6 Å². The molecule has 2 unspecified atom stereocenters. The van der Waals surface area contributed by atoms with Gasteiger partial charge >= 0.3 is 0 Å². The van der Waals surface area contributed by atoms with Crippen LogP contribution < -0.4 is 10.2 Å². The van der Waals surface area contributed by atoms with E-state index in [1.165, 1.54) is 19.3 Å². The summed E-state index contributed by atoms with van der Waals surface area (Å²) >= 11 is 6.35. The second kappa shape index (κ2) is 5.34. The van der Waals surface area contributed by atoms with Crippen LogP contribution in [0.15, 0.2) is 12.1 Å². The van der Waals surface area contributed by atoms with Gasteiger partial charge in [-0.05, 0) is 30.9 Å². The number of ketones is 1. The maximum Gasteiger partial charge on any atom is 0.296 e. The number of anilines is 2. The summed E-state index contributed by atoms with van der Waals surface area (Å²) in [5, 5.41) is 3.14. The molecule has 21 heavy (non-hydrogen) atoms. The summed E-state index contributed by atoms with van der Waals surface area (Å²) in [4.78, 5) is 25.4. The molecule has 4 nitrogen and oxygen atoms in total. The standard InChI is InChI=1S/C16H19ClN2O2/c1-9-5-3-4-6-13(9)19(2)14-8-12-10(7-11(14)17)15(20)16(21)18-12/h7-9,13H,3-6H2,1-2H3,(H,18,20,21). The van der Waals surface area contributed by atoms with Gasteiger partial charge in [0, 0.05) is 13.1 Å². The highest BCUT2D eigenvalue weighted by Crippen LogP contribution is 2.38. The summed E-state index contributed by atoms with van der Waals surface area (Å²) in [7, 11) is 2.04. The average molecular weight is 307 g/mol. The highest BCUT2D eigenvalue weighted by atomic mass is 35.5. The molecule has 1 N–H and O–H groups in total. The molecule has 0 aromatic heterocycles. The van der Waals surface area contributed by atoms with E-state index < -0.39 is 11.7 Å². The van der Waals surface area contributed by atoms with E-state index in [2.05, 4.69) is 17.1 Å². The summed E-state index contributed by atoms with van der Waals surface area (Å²) in [5.41, 5.74) is 1.82. The third kappa shape index (κ3) is 2.42. The molecular formula is C16H19ClN2O2. The van der Waals surface area contributed by atoms with Gasteiger partial charge in [0.05, 0.1) is 22.0 Å². The van der Waals surface area contributed by atoms with E-state index in [9.17, 15) is 9.59 Å². The summed E-state index contributed by atoms with van der Waals surface area (Å²) in [6, 6.07) is 3.88. The van der Waals surface area contributed by atoms with Gasteiger partial charge in [0.15, 0.2) is 0 Å². The Morgan fingerprint density at radius 1 is 1.24 bits per heavy atom. The number of fused-ring (bicyclic) bond motifs is 1. The molecule has 112 valence electrons. The predicted octanol–water partition coefficient (Wildman–Crippen LogP) is 3.49. The third-order valence-electron chi connectivity index (χ3n) is 4.73. The highest BCUT2D eigenvalue weighted by molar-refractivity contribution is 6.52. The molecular weight excluding hydrogens is 288 g/mol. The Morgan fingerprint density at radius 3 is 2.67 bits per heavy atom. The summed E-state index contributed by atoms with van der Waals surface area (Å²) in [6.07, 6.45) is 4.90. The lowest BCUT2D eigenvalue weighted by atomic mass is 9.85. The van der Waals surface area contributed by atoms with Crippen molar-refractivity contribution in [2.24, 2.45) is 5.92 Å². The maximum atomic E-state index is 11.7. The van der Waals surface area contributed by atoms with Crippen LogP contribution in [0.1, 0.15) is 43.0 Å². The van der Waals surface area contributed by atoms with Crippen molar-refractivity contribution in [1.29, 1.82) is 0 Å². The molecule has 0 bridgehead atoms. The Kier molecular flexibility index (Phi) is 3.66. The zero-order valence-electron chi connectivity index (χ0n) is 12.3. The van der Waals surface area contributed by atoms with Gasteiger partial charge in [-0.15, -0.1) is 0 Å². The van der Waals surface area contributed by atoms with E-state index in [-0.39, 0.29) is 0 Å². The van der Waals surface area contributed by atoms with Crippen LogP contribution in [0.2, 0.25) is 5.02 Å². The molecule has 1 aliphatic carbocycles. The van der Waals surface area contributed by atoms with Crippen LogP contribution in [0.3, 0.4) is 0 Å². The van der Waals surface area contributed by atoms with Crippen molar-refractivity contribution >= 4 is 34.7 Å². The lowest BCUT2D eigenvalue weighted by Crippen LogP contribution is -2.39. The van der Waals surface area contributed by atoms with E-state index in [0.717, 1.165) is 12.1 Å². The molecule has 0 radical (unpaired) electrons. The number of amides is 1. The zero-order chi connectivity index (χ0) is 15.1. The van der Waals surface area contributed by atoms with Crippen molar-refractivity contribution in [3.05, 3.63) is 22.7 Å². The molecule has 1 aromatic rings. The predicted molar refractivity (Wildman–Crippen MR) is 84.2 cm³/mol. The van der Waals surface area contributed by atoms with Crippen LogP contribution in [-0.4, -0.2) is 24.8 Å². The van der Waals surface area contributed by atoms with Gasteiger partial charge in [-0.25, -0.2) is 0 Å². The van der Waals surface area contributed by atoms with Crippen molar-refractivity contribution in [3.63, 3.8) is 0 Å². The molecule has 1 heterocycles. The summed E-state index contributed by atoms with van der Waals surface area (Å²) in [6.45, 7) is 2.27. The third-order valence-corrected chi connectivity index (χ3v) is 5.03. The Morgan fingerprint density at radius 2 is 1.95 bits per heavy atom. The molecule has 1 fully saturated rings. The Bertz CT molecular complexity index is 615. The maximum absolute atomic E-state index is 11.7. The number of Topliss-reactive ketones (excluding diaryl/α,β-unsaturated/α-hetero) is 1. The fraction of sp³-hybridized carbons (Fsp3) is 0.500. The van der Waals surface area contributed by atoms with Crippen molar-refractivity contribution < 1.29 is 9.59 Å². The zero-order valence-corrected chi connectivity index (χ0v) is 13.0. The second-order valence-corrected chi connectivity index (χ2v) is 6.48. The van der Waals surface area contributed by atoms with Crippen LogP contribution in [-0.2, 0) is 4.79 Å². The smallest absolute Gasteiger partial charge is 0.296 e. The van der Waals surface area contributed by atoms with E-state index in [1.54, 1.807) is 6.07 Å². The monoisotopic (exact) mass is 306 g/mol. The minimum absolute atomic E-state index is 0.374. The number of nitrogens with zero attached hydrogens (tertiary/aromatic N) is 1. The van der Waals surface area contributed by atoms with Crippen molar-refractivity contribution in [1.82, 2.24) is 0 Å². The van der Waals surface area contributed by atoms with E-state index in [4.69, 9.17) is 11.6 Å². The molecule has 1 aliphatic heterocycles. The van der Waals surface area contributed by atoms with Gasteiger partial charge < -0.3 is 10.2 Å². The highest BCUT2D eigenvalue weighted by Gasteiger charge is 2.31. The van der Waals surface area contributed by atoms with Crippen molar-refractivity contribution in [3.8, 4) is 0 Å². The van der Waals surface area contributed by atoms with Crippen LogP contribution in [0.4, 0.5) is 11.4 Å². The largest absolute Gasteiger partial charge is 0.370 e. The molecule has 1 aromatic carbocycles. The average Bonchev–Trinajstić information content (AvgIpc) is 2.73. The SMILES string of the molecule is CC1CCCCC1N(C)c1cc2c(cc1Cl)C(=O)C(=O)N2. The van der Waals surface area contributed by atoms with Gasteiger partial charge in [0.1, 0.15) is 0 Å². The first kappa shape index (κ1) is 14.4. The van der Waals surface area contributed by atoms with Crippen molar-refractivity contribution in [2.45, 2.75) is 38.6 Å². The van der Waals surface area contributed by atoms with Crippen LogP contribution in [0.5, 0.6) is 0 Å². The fourth-order valence-corrected chi connectivity index (χ4v) is 3.77. The number of nitrogens with one attached hydrogen (secondary N) is 1. The number of hydrogen-bond donors (Lipinski definition) is 1. The molecule has 0 saturated heterocycles. The van der Waals surface area contributed by atoms with Gasteiger partial charge in [-0.3, -0.25) is 9.59 Å². The first-order valence-corrected chi connectivity index (χ1v) is 7.79. The lowest BCUT2D eigenvalue weighted by molar-refractivity contribution is -0.112. The molecule has 1 saturated carbocycles. The van der Waals surface area contributed by atoms with Crippen LogP contribution in [0, 0.1) is 5.92 Å². The lowest BCUT2D eigenvalue weighted by Gasteiger charge is -2.38. The molecule has 5 heteroatoms. The van der Waals surface area contributed by atoms with Gasteiger partial charge in [0.25, 0.3) is 11.7 Å². The normalized spacial score (nSPS) is 24.7. The van der Waals surface area contributed by atoms with Gasteiger partial charge in [-0.2, -0.15) is 0 Å². The quantitative estimate of drug-likeness (QED) is 0.851. The molecule has 3 rings (SSSR count). The van der Waals surface area contributed by atoms with E-state index in [1.807, 2.05) is 13.1 Å². The Hall–Kier alpha value is -1.55. The van der Waals surface area contributed by atoms with Gasteiger partial charge in [-0.1, -0.05) is 31.4 Å². The molecule has 0 spiro atoms.